The van der Waals surface area contributed by atoms with Gasteiger partial charge in [0.25, 0.3) is 5.69 Å². The molecule has 0 unspecified atom stereocenters. The van der Waals surface area contributed by atoms with E-state index in [1.165, 1.54) is 6.07 Å². The van der Waals surface area contributed by atoms with Gasteiger partial charge in [0.05, 0.1) is 21.8 Å². The number of benzene rings is 1. The molecule has 0 saturated heterocycles. The van der Waals surface area contributed by atoms with Crippen LogP contribution in [-0.2, 0) is 11.2 Å². The Morgan fingerprint density at radius 2 is 2.25 bits per heavy atom. The topological polar surface area (TPSA) is 104 Å². The maximum atomic E-state index is 10.6. The molecule has 0 radical (unpaired) electrons. The quantitative estimate of drug-likeness (QED) is 0.470. The van der Waals surface area contributed by atoms with E-state index in [4.69, 9.17) is 10.4 Å². The van der Waals surface area contributed by atoms with Crippen molar-refractivity contribution >= 4 is 24.3 Å². The molecular formula is C9H6N2O4S. The molecule has 0 aliphatic heterocycles. The number of carbonyl (C=O) groups is 1. The van der Waals surface area contributed by atoms with E-state index >= 15 is 0 Å². The Balaban J connectivity index is 3.35. The van der Waals surface area contributed by atoms with E-state index in [0.717, 1.165) is 6.07 Å². The highest BCUT2D eigenvalue weighted by Crippen LogP contribution is 2.27. The Labute approximate surface area is 95.7 Å². The molecule has 82 valence electrons. The van der Waals surface area contributed by atoms with Crippen molar-refractivity contribution in [2.75, 3.05) is 0 Å². The molecule has 0 aromatic heterocycles. The Bertz CT molecular complexity index is 507. The SMILES string of the molecule is N#Cc1cc(CC(=O)O)cc([N+](=O)[O-])c1S. The molecule has 0 aliphatic carbocycles. The van der Waals surface area contributed by atoms with Gasteiger partial charge in [-0.15, -0.1) is 12.6 Å². The molecule has 0 saturated carbocycles. The van der Waals surface area contributed by atoms with Gasteiger partial charge in [-0.3, -0.25) is 14.9 Å². The maximum Gasteiger partial charge on any atom is 0.307 e. The minimum atomic E-state index is -1.12. The zero-order chi connectivity index (χ0) is 12.3. The third-order valence-electron chi connectivity index (χ3n) is 1.82. The molecule has 0 bridgehead atoms. The van der Waals surface area contributed by atoms with Crippen LogP contribution in [0.15, 0.2) is 17.0 Å². The van der Waals surface area contributed by atoms with Crippen molar-refractivity contribution in [3.8, 4) is 6.07 Å². The van der Waals surface area contributed by atoms with Crippen LogP contribution in [0.4, 0.5) is 5.69 Å². The summed E-state index contributed by atoms with van der Waals surface area (Å²) in [6.45, 7) is 0. The van der Waals surface area contributed by atoms with E-state index in [2.05, 4.69) is 12.6 Å². The number of nitro groups is 1. The average molecular weight is 238 g/mol. The van der Waals surface area contributed by atoms with Gasteiger partial charge in [-0.05, 0) is 11.6 Å². The van der Waals surface area contributed by atoms with Crippen LogP contribution in [-0.4, -0.2) is 16.0 Å². The second-order valence-electron chi connectivity index (χ2n) is 2.95. The molecule has 0 spiro atoms. The van der Waals surface area contributed by atoms with Crippen LogP contribution in [0.1, 0.15) is 11.1 Å². The number of nitriles is 1. The lowest BCUT2D eigenvalue weighted by atomic mass is 10.1. The largest absolute Gasteiger partial charge is 0.481 e. The van der Waals surface area contributed by atoms with Crippen LogP contribution in [0, 0.1) is 21.4 Å². The molecule has 0 atom stereocenters. The Morgan fingerprint density at radius 1 is 1.62 bits per heavy atom. The predicted molar refractivity (Wildman–Crippen MR) is 56.4 cm³/mol. The number of hydrogen-bond acceptors (Lipinski definition) is 5. The number of rotatable bonds is 3. The van der Waals surface area contributed by atoms with Crippen LogP contribution in [0.2, 0.25) is 0 Å². The van der Waals surface area contributed by atoms with E-state index in [1.54, 1.807) is 6.07 Å². The Morgan fingerprint density at radius 3 is 2.69 bits per heavy atom. The smallest absolute Gasteiger partial charge is 0.307 e. The van der Waals surface area contributed by atoms with Gasteiger partial charge in [0.15, 0.2) is 0 Å². The first-order valence-electron chi connectivity index (χ1n) is 4.08. The molecule has 7 heteroatoms. The summed E-state index contributed by atoms with van der Waals surface area (Å²) in [5.74, 6) is -1.12. The van der Waals surface area contributed by atoms with Crippen LogP contribution in [0.5, 0.6) is 0 Å². The number of thiol groups is 1. The summed E-state index contributed by atoms with van der Waals surface area (Å²) in [4.78, 5) is 20.3. The highest BCUT2D eigenvalue weighted by molar-refractivity contribution is 7.80. The Hall–Kier alpha value is -2.07. The molecule has 1 aromatic rings. The monoisotopic (exact) mass is 238 g/mol. The molecule has 6 nitrogen and oxygen atoms in total. The van der Waals surface area contributed by atoms with Crippen molar-refractivity contribution < 1.29 is 14.8 Å². The van der Waals surface area contributed by atoms with Crippen molar-refractivity contribution in [3.63, 3.8) is 0 Å². The first kappa shape index (κ1) is 12.0. The van der Waals surface area contributed by atoms with Gasteiger partial charge < -0.3 is 5.11 Å². The molecule has 1 aromatic carbocycles. The molecule has 1 N–H and O–H groups in total. The van der Waals surface area contributed by atoms with E-state index in [9.17, 15) is 14.9 Å². The van der Waals surface area contributed by atoms with Gasteiger partial charge in [-0.2, -0.15) is 5.26 Å². The summed E-state index contributed by atoms with van der Waals surface area (Å²) in [5, 5.41) is 27.9. The van der Waals surface area contributed by atoms with Crippen molar-refractivity contribution in [1.82, 2.24) is 0 Å². The maximum absolute atomic E-state index is 10.6. The summed E-state index contributed by atoms with van der Waals surface area (Å²) < 4.78 is 0. The van der Waals surface area contributed by atoms with Crippen LogP contribution in [0.3, 0.4) is 0 Å². The fourth-order valence-electron chi connectivity index (χ4n) is 1.18. The van der Waals surface area contributed by atoms with Crippen molar-refractivity contribution in [2.45, 2.75) is 11.3 Å². The molecule has 0 aliphatic rings. The summed E-state index contributed by atoms with van der Waals surface area (Å²) in [7, 11) is 0. The zero-order valence-corrected chi connectivity index (χ0v) is 8.77. The minimum Gasteiger partial charge on any atom is -0.481 e. The number of carboxylic acid groups (broad SMARTS) is 1. The van der Waals surface area contributed by atoms with Crippen molar-refractivity contribution in [3.05, 3.63) is 33.4 Å². The van der Waals surface area contributed by atoms with Crippen LogP contribution in [0.25, 0.3) is 0 Å². The van der Waals surface area contributed by atoms with Gasteiger partial charge in [-0.1, -0.05) is 0 Å². The fourth-order valence-corrected chi connectivity index (χ4v) is 1.44. The summed E-state index contributed by atoms with van der Waals surface area (Å²) >= 11 is 3.86. The number of nitrogens with zero attached hydrogens (tertiary/aromatic N) is 2. The number of aliphatic carboxylic acids is 1. The first-order valence-corrected chi connectivity index (χ1v) is 4.52. The summed E-state index contributed by atoms with van der Waals surface area (Å²) in [5.41, 5.74) is -0.166. The molecule has 0 amide bonds. The molecule has 1 rings (SSSR count). The predicted octanol–water partition coefficient (Wildman–Crippen LogP) is 1.38. The molecular weight excluding hydrogens is 232 g/mol. The minimum absolute atomic E-state index is 0.00576. The van der Waals surface area contributed by atoms with E-state index < -0.39 is 10.9 Å². The molecule has 0 heterocycles. The highest BCUT2D eigenvalue weighted by Gasteiger charge is 2.17. The number of nitro benzene ring substituents is 1. The normalized spacial score (nSPS) is 9.50. The van der Waals surface area contributed by atoms with Gasteiger partial charge >= 0.3 is 5.97 Å². The Kier molecular flexibility index (Phi) is 3.48. The van der Waals surface area contributed by atoms with E-state index in [0.29, 0.717) is 0 Å². The summed E-state index contributed by atoms with van der Waals surface area (Å²) in [6.07, 6.45) is -0.371. The van der Waals surface area contributed by atoms with Crippen LogP contribution >= 0.6 is 12.6 Å². The number of carboxylic acids is 1. The van der Waals surface area contributed by atoms with Gasteiger partial charge in [0, 0.05) is 6.07 Å². The van der Waals surface area contributed by atoms with E-state index in [-0.39, 0.29) is 28.1 Å². The highest BCUT2D eigenvalue weighted by atomic mass is 32.1. The van der Waals surface area contributed by atoms with E-state index in [1.807, 2.05) is 0 Å². The number of hydrogen-bond donors (Lipinski definition) is 2. The molecule has 0 fully saturated rings. The zero-order valence-electron chi connectivity index (χ0n) is 7.88. The van der Waals surface area contributed by atoms with Gasteiger partial charge in [0.2, 0.25) is 0 Å². The van der Waals surface area contributed by atoms with Gasteiger partial charge in [-0.25, -0.2) is 0 Å². The second-order valence-corrected chi connectivity index (χ2v) is 3.40. The lowest BCUT2D eigenvalue weighted by molar-refractivity contribution is -0.387. The first-order chi connectivity index (χ1) is 7.45. The van der Waals surface area contributed by atoms with Crippen molar-refractivity contribution in [2.24, 2.45) is 0 Å². The standard InChI is InChI=1S/C9H6N2O4S/c10-4-6-1-5(3-8(12)13)2-7(9(6)16)11(14)15/h1-2,16H,3H2,(H,12,13). The lowest BCUT2D eigenvalue weighted by Crippen LogP contribution is -2.02. The van der Waals surface area contributed by atoms with Crippen molar-refractivity contribution in [1.29, 1.82) is 5.26 Å². The third-order valence-corrected chi connectivity index (χ3v) is 2.29. The fraction of sp³-hybridized carbons (Fsp3) is 0.111. The second kappa shape index (κ2) is 4.63. The molecule has 16 heavy (non-hydrogen) atoms. The lowest BCUT2D eigenvalue weighted by Gasteiger charge is -2.02. The average Bonchev–Trinajstić information content (AvgIpc) is 2.19. The van der Waals surface area contributed by atoms with Crippen LogP contribution < -0.4 is 0 Å². The summed E-state index contributed by atoms with van der Waals surface area (Å²) in [6, 6.07) is 4.12. The van der Waals surface area contributed by atoms with Gasteiger partial charge in [0.1, 0.15) is 6.07 Å². The third kappa shape index (κ3) is 2.49.